The van der Waals surface area contributed by atoms with E-state index in [0.717, 1.165) is 25.2 Å². The fraction of sp³-hybridized carbons (Fsp3) is 0.348. The summed E-state index contributed by atoms with van der Waals surface area (Å²) in [6, 6.07) is 14.9. The number of nitrogens with zero attached hydrogens (tertiary/aromatic N) is 2. The summed E-state index contributed by atoms with van der Waals surface area (Å²) in [5.41, 5.74) is 2.41. The lowest BCUT2D eigenvalue weighted by molar-refractivity contribution is 0.0649. The van der Waals surface area contributed by atoms with E-state index in [1.807, 2.05) is 30.0 Å². The molecule has 7 heteroatoms. The molecule has 1 fully saturated rings. The number of carbonyl (C=O) groups is 1. The van der Waals surface area contributed by atoms with Crippen molar-refractivity contribution >= 4 is 22.0 Å². The number of sulfonamides is 1. The van der Waals surface area contributed by atoms with Gasteiger partial charge in [0.25, 0.3) is 5.91 Å². The Balaban J connectivity index is 1.60. The molecule has 1 N–H and O–H groups in total. The fourth-order valence-corrected chi connectivity index (χ4v) is 4.54. The molecule has 0 unspecified atom stereocenters. The molecule has 6 nitrogen and oxygen atoms in total. The zero-order valence-corrected chi connectivity index (χ0v) is 18.4. The quantitative estimate of drug-likeness (QED) is 0.738. The van der Waals surface area contributed by atoms with Crippen molar-refractivity contribution in [3.63, 3.8) is 0 Å². The van der Waals surface area contributed by atoms with Gasteiger partial charge in [0.2, 0.25) is 10.0 Å². The minimum atomic E-state index is -3.59. The molecule has 30 heavy (non-hydrogen) atoms. The summed E-state index contributed by atoms with van der Waals surface area (Å²) in [6.07, 6.45) is 4.25. The summed E-state index contributed by atoms with van der Waals surface area (Å²) in [6.45, 7) is 7.54. The maximum atomic E-state index is 13.0. The fourth-order valence-electron chi connectivity index (χ4n) is 3.48. The van der Waals surface area contributed by atoms with E-state index in [-0.39, 0.29) is 10.8 Å². The molecule has 0 aromatic heterocycles. The number of amides is 1. The van der Waals surface area contributed by atoms with E-state index in [2.05, 4.69) is 33.9 Å². The third-order valence-electron chi connectivity index (χ3n) is 5.22. The largest absolute Gasteiger partial charge is 0.336 e. The van der Waals surface area contributed by atoms with Crippen LogP contribution in [0.4, 0.5) is 0 Å². The molecule has 0 aliphatic carbocycles. The molecule has 1 saturated heterocycles. The van der Waals surface area contributed by atoms with Crippen LogP contribution in [0.25, 0.3) is 6.08 Å². The smallest absolute Gasteiger partial charge is 0.254 e. The highest BCUT2D eigenvalue weighted by Gasteiger charge is 2.24. The molecule has 0 atom stereocenters. The van der Waals surface area contributed by atoms with Gasteiger partial charge in [-0.1, -0.05) is 55.5 Å². The molecule has 1 aliphatic rings. The van der Waals surface area contributed by atoms with Crippen LogP contribution in [0.3, 0.4) is 0 Å². The Bertz CT molecular complexity index is 996. The number of carbonyl (C=O) groups excluding carboxylic acids is 1. The van der Waals surface area contributed by atoms with Gasteiger partial charge in [0.05, 0.1) is 4.90 Å². The van der Waals surface area contributed by atoms with Crippen LogP contribution in [0.5, 0.6) is 0 Å². The van der Waals surface area contributed by atoms with Gasteiger partial charge in [-0.3, -0.25) is 9.69 Å². The molecule has 0 saturated carbocycles. The van der Waals surface area contributed by atoms with E-state index in [4.69, 9.17) is 0 Å². The molecule has 0 bridgehead atoms. The van der Waals surface area contributed by atoms with E-state index < -0.39 is 10.0 Å². The van der Waals surface area contributed by atoms with E-state index >= 15 is 0 Å². The van der Waals surface area contributed by atoms with E-state index in [1.54, 1.807) is 19.1 Å². The minimum Gasteiger partial charge on any atom is -0.336 e. The average molecular weight is 428 g/mol. The van der Waals surface area contributed by atoms with Gasteiger partial charge in [0.15, 0.2) is 0 Å². The number of nitrogens with one attached hydrogen (secondary N) is 1. The number of rotatable bonds is 7. The first-order valence-corrected chi connectivity index (χ1v) is 11.7. The first-order valence-electron chi connectivity index (χ1n) is 10.2. The first kappa shape index (κ1) is 22.2. The van der Waals surface area contributed by atoms with Crippen molar-refractivity contribution in [3.05, 3.63) is 71.3 Å². The van der Waals surface area contributed by atoms with Crippen molar-refractivity contribution in [2.75, 3.05) is 39.3 Å². The summed E-state index contributed by atoms with van der Waals surface area (Å²) in [7, 11) is -3.59. The molecular formula is C23H29N3O3S. The average Bonchev–Trinajstić information content (AvgIpc) is 2.75. The normalized spacial score (nSPS) is 15.6. The molecule has 160 valence electrons. The first-order chi connectivity index (χ1) is 14.4. The van der Waals surface area contributed by atoms with Crippen LogP contribution < -0.4 is 4.72 Å². The molecule has 0 radical (unpaired) electrons. The zero-order valence-electron chi connectivity index (χ0n) is 17.5. The summed E-state index contributed by atoms with van der Waals surface area (Å²) in [4.78, 5) is 17.3. The molecule has 1 amide bonds. The second-order valence-corrected chi connectivity index (χ2v) is 9.15. The minimum absolute atomic E-state index is 0.111. The van der Waals surface area contributed by atoms with Gasteiger partial charge in [-0.15, -0.1) is 0 Å². The van der Waals surface area contributed by atoms with Crippen molar-refractivity contribution in [2.45, 2.75) is 18.7 Å². The maximum Gasteiger partial charge on any atom is 0.254 e. The van der Waals surface area contributed by atoms with Crippen LogP contribution in [0.2, 0.25) is 0 Å². The Morgan fingerprint density at radius 2 is 1.77 bits per heavy atom. The number of hydrogen-bond acceptors (Lipinski definition) is 4. The molecular weight excluding hydrogens is 398 g/mol. The van der Waals surface area contributed by atoms with Gasteiger partial charge in [-0.2, -0.15) is 0 Å². The van der Waals surface area contributed by atoms with Crippen LogP contribution in [0, 0.1) is 6.92 Å². The summed E-state index contributed by atoms with van der Waals surface area (Å²) < 4.78 is 27.1. The lowest BCUT2D eigenvalue weighted by Gasteiger charge is -2.34. The Labute approximate surface area is 179 Å². The van der Waals surface area contributed by atoms with Crippen molar-refractivity contribution in [2.24, 2.45) is 0 Å². The molecule has 1 aliphatic heterocycles. The molecule has 2 aromatic rings. The van der Waals surface area contributed by atoms with Gasteiger partial charge < -0.3 is 4.90 Å². The Morgan fingerprint density at radius 1 is 1.07 bits per heavy atom. The number of hydrogen-bond donors (Lipinski definition) is 1. The third-order valence-corrected chi connectivity index (χ3v) is 6.76. The standard InChI is InChI=1S/C23H29N3O3S/c1-3-24-30(28,29)21-12-11-19(2)22(18-21)23(27)26-16-14-25(15-17-26)13-7-10-20-8-5-4-6-9-20/h4-12,18,24H,3,13-17H2,1-2H3. The van der Waals surface area contributed by atoms with Crippen LogP contribution in [0.1, 0.15) is 28.4 Å². The second-order valence-electron chi connectivity index (χ2n) is 7.38. The predicted molar refractivity (Wildman–Crippen MR) is 120 cm³/mol. The lowest BCUT2D eigenvalue weighted by atomic mass is 10.1. The van der Waals surface area contributed by atoms with Crippen molar-refractivity contribution < 1.29 is 13.2 Å². The maximum absolute atomic E-state index is 13.0. The van der Waals surface area contributed by atoms with Gasteiger partial charge in [-0.05, 0) is 30.2 Å². The number of piperazine rings is 1. The topological polar surface area (TPSA) is 69.7 Å². The van der Waals surface area contributed by atoms with Crippen LogP contribution in [0.15, 0.2) is 59.5 Å². The van der Waals surface area contributed by atoms with Crippen molar-refractivity contribution in [1.29, 1.82) is 0 Å². The van der Waals surface area contributed by atoms with Gasteiger partial charge in [0.1, 0.15) is 0 Å². The second kappa shape index (κ2) is 10.0. The zero-order chi connectivity index (χ0) is 21.6. The van der Waals surface area contributed by atoms with E-state index in [0.29, 0.717) is 25.2 Å². The summed E-state index contributed by atoms with van der Waals surface area (Å²) >= 11 is 0. The Hall–Kier alpha value is -2.48. The molecule has 1 heterocycles. The van der Waals surface area contributed by atoms with Gasteiger partial charge in [-0.25, -0.2) is 13.1 Å². The SMILES string of the molecule is CCNS(=O)(=O)c1ccc(C)c(C(=O)N2CCN(CC=Cc3ccccc3)CC2)c1. The summed E-state index contributed by atoms with van der Waals surface area (Å²) in [5, 5.41) is 0. The monoisotopic (exact) mass is 427 g/mol. The molecule has 2 aromatic carbocycles. The van der Waals surface area contributed by atoms with Gasteiger partial charge in [0, 0.05) is 44.8 Å². The number of aryl methyl sites for hydroxylation is 1. The summed E-state index contributed by atoms with van der Waals surface area (Å²) in [5.74, 6) is -0.111. The van der Waals surface area contributed by atoms with Crippen LogP contribution >= 0.6 is 0 Å². The Morgan fingerprint density at radius 3 is 2.43 bits per heavy atom. The predicted octanol–water partition coefficient (Wildman–Crippen LogP) is 2.76. The molecule has 3 rings (SSSR count). The highest BCUT2D eigenvalue weighted by molar-refractivity contribution is 7.89. The third kappa shape index (κ3) is 5.56. The Kier molecular flexibility index (Phi) is 7.42. The van der Waals surface area contributed by atoms with Crippen LogP contribution in [-0.2, 0) is 10.0 Å². The molecule has 0 spiro atoms. The number of benzene rings is 2. The lowest BCUT2D eigenvalue weighted by Crippen LogP contribution is -2.48. The van der Waals surface area contributed by atoms with Crippen LogP contribution in [-0.4, -0.2) is 63.4 Å². The highest BCUT2D eigenvalue weighted by atomic mass is 32.2. The van der Waals surface area contributed by atoms with E-state index in [9.17, 15) is 13.2 Å². The van der Waals surface area contributed by atoms with Crippen molar-refractivity contribution in [1.82, 2.24) is 14.5 Å². The van der Waals surface area contributed by atoms with Gasteiger partial charge >= 0.3 is 0 Å². The van der Waals surface area contributed by atoms with E-state index in [1.165, 1.54) is 11.6 Å². The van der Waals surface area contributed by atoms with Crippen molar-refractivity contribution in [3.8, 4) is 0 Å². The highest BCUT2D eigenvalue weighted by Crippen LogP contribution is 2.18.